The molecule has 1 fully saturated rings. The van der Waals surface area contributed by atoms with Crippen LogP contribution in [0.3, 0.4) is 0 Å². The summed E-state index contributed by atoms with van der Waals surface area (Å²) in [7, 11) is 1.15. The smallest absolute Gasteiger partial charge is 0.416 e. The highest BCUT2D eigenvalue weighted by molar-refractivity contribution is 5.89. The van der Waals surface area contributed by atoms with Crippen molar-refractivity contribution in [3.63, 3.8) is 0 Å². The third-order valence-electron chi connectivity index (χ3n) is 3.32. The highest BCUT2D eigenvalue weighted by Gasteiger charge is 2.37. The fourth-order valence-electron chi connectivity index (χ4n) is 2.12. The Morgan fingerprint density at radius 2 is 2.00 bits per heavy atom. The van der Waals surface area contributed by atoms with E-state index in [9.17, 15) is 18.0 Å². The number of esters is 1. The van der Waals surface area contributed by atoms with Gasteiger partial charge in [0, 0.05) is 0 Å². The molecule has 0 bridgehead atoms. The van der Waals surface area contributed by atoms with Crippen LogP contribution in [0.4, 0.5) is 13.2 Å². The highest BCUT2D eigenvalue weighted by atomic mass is 19.4. The number of hydrogen-bond acceptors (Lipinski definition) is 2. The van der Waals surface area contributed by atoms with Gasteiger partial charge in [0.15, 0.2) is 0 Å². The quantitative estimate of drug-likeness (QED) is 0.755. The summed E-state index contributed by atoms with van der Waals surface area (Å²) in [6, 6.07) is 3.69. The topological polar surface area (TPSA) is 26.3 Å². The second kappa shape index (κ2) is 4.63. The number of halogens is 3. The molecule has 0 N–H and O–H groups in total. The summed E-state index contributed by atoms with van der Waals surface area (Å²) in [5.74, 6) is -0.783. The van der Waals surface area contributed by atoms with Gasteiger partial charge in [0.1, 0.15) is 0 Å². The minimum atomic E-state index is -4.44. The zero-order valence-corrected chi connectivity index (χ0v) is 9.88. The van der Waals surface area contributed by atoms with E-state index in [4.69, 9.17) is 0 Å². The van der Waals surface area contributed by atoms with Gasteiger partial charge >= 0.3 is 12.1 Å². The molecule has 0 aliphatic heterocycles. The summed E-state index contributed by atoms with van der Waals surface area (Å²) in [5, 5.41) is 0. The number of hydrogen-bond donors (Lipinski definition) is 0. The van der Waals surface area contributed by atoms with Gasteiger partial charge in [-0.3, -0.25) is 0 Å². The van der Waals surface area contributed by atoms with Crippen molar-refractivity contribution in [2.24, 2.45) is 0 Å². The van der Waals surface area contributed by atoms with Crippen LogP contribution in [0.15, 0.2) is 18.2 Å². The summed E-state index contributed by atoms with van der Waals surface area (Å²) in [6.07, 6.45) is -1.92. The monoisotopic (exact) mass is 258 g/mol. The van der Waals surface area contributed by atoms with E-state index in [0.717, 1.165) is 32.4 Å². The Morgan fingerprint density at radius 1 is 1.33 bits per heavy atom. The number of ether oxygens (including phenoxy) is 1. The predicted octanol–water partition coefficient (Wildman–Crippen LogP) is 3.76. The predicted molar refractivity (Wildman–Crippen MR) is 59.4 cm³/mol. The molecule has 0 amide bonds. The minimum absolute atomic E-state index is 0.0340. The second-order valence-corrected chi connectivity index (χ2v) is 4.42. The standard InChI is InChI=1S/C13H13F3O2/c1-18-12(17)9-5-6-10(8-3-2-4-8)11(7-9)13(14,15)16/h5-8H,2-4H2,1H3. The van der Waals surface area contributed by atoms with Crippen molar-refractivity contribution in [1.29, 1.82) is 0 Å². The van der Waals surface area contributed by atoms with Crippen molar-refractivity contribution < 1.29 is 22.7 Å². The van der Waals surface area contributed by atoms with E-state index in [1.807, 2.05) is 0 Å². The third-order valence-corrected chi connectivity index (χ3v) is 3.32. The molecule has 0 aromatic heterocycles. The normalized spacial score (nSPS) is 16.2. The number of alkyl halides is 3. The Balaban J connectivity index is 2.45. The number of methoxy groups -OCH3 is 1. The first-order valence-corrected chi connectivity index (χ1v) is 5.73. The Hall–Kier alpha value is -1.52. The summed E-state index contributed by atoms with van der Waals surface area (Å²) >= 11 is 0. The molecule has 98 valence electrons. The van der Waals surface area contributed by atoms with Crippen molar-refractivity contribution in [3.05, 3.63) is 34.9 Å². The van der Waals surface area contributed by atoms with Gasteiger partial charge in [0.2, 0.25) is 0 Å². The van der Waals surface area contributed by atoms with Gasteiger partial charge in [-0.25, -0.2) is 4.79 Å². The SMILES string of the molecule is COC(=O)c1ccc(C2CCC2)c(C(F)(F)F)c1. The molecule has 1 aliphatic carbocycles. The molecule has 0 atom stereocenters. The van der Waals surface area contributed by atoms with Crippen molar-refractivity contribution in [1.82, 2.24) is 0 Å². The van der Waals surface area contributed by atoms with Crippen LogP contribution in [0, 0.1) is 0 Å². The molecule has 0 saturated heterocycles. The minimum Gasteiger partial charge on any atom is -0.465 e. The average molecular weight is 258 g/mol. The van der Waals surface area contributed by atoms with Crippen LogP contribution in [0.2, 0.25) is 0 Å². The van der Waals surface area contributed by atoms with Crippen LogP contribution < -0.4 is 0 Å². The summed E-state index contributed by atoms with van der Waals surface area (Å²) < 4.78 is 43.3. The Bertz CT molecular complexity index is 462. The van der Waals surface area contributed by atoms with Crippen molar-refractivity contribution in [3.8, 4) is 0 Å². The third kappa shape index (κ3) is 2.35. The van der Waals surface area contributed by atoms with Crippen molar-refractivity contribution in [2.75, 3.05) is 7.11 Å². The van der Waals surface area contributed by atoms with Crippen LogP contribution in [0.25, 0.3) is 0 Å². The summed E-state index contributed by atoms with van der Waals surface area (Å²) in [4.78, 5) is 11.3. The number of carbonyl (C=O) groups is 1. The maximum atomic E-state index is 13.0. The maximum absolute atomic E-state index is 13.0. The van der Waals surface area contributed by atoms with E-state index < -0.39 is 17.7 Å². The molecule has 1 aliphatic rings. The van der Waals surface area contributed by atoms with Crippen LogP contribution in [-0.4, -0.2) is 13.1 Å². The first-order chi connectivity index (χ1) is 8.43. The largest absolute Gasteiger partial charge is 0.465 e. The molecule has 1 saturated carbocycles. The molecule has 18 heavy (non-hydrogen) atoms. The summed E-state index contributed by atoms with van der Waals surface area (Å²) in [6.45, 7) is 0. The maximum Gasteiger partial charge on any atom is 0.416 e. The van der Waals surface area contributed by atoms with Gasteiger partial charge < -0.3 is 4.74 Å². The number of rotatable bonds is 2. The number of carbonyl (C=O) groups excluding carboxylic acids is 1. The van der Waals surface area contributed by atoms with Gasteiger partial charge in [0.25, 0.3) is 0 Å². The average Bonchev–Trinajstić information content (AvgIpc) is 2.24. The molecule has 5 heteroatoms. The molecule has 0 heterocycles. The fourth-order valence-corrected chi connectivity index (χ4v) is 2.12. The van der Waals surface area contributed by atoms with E-state index >= 15 is 0 Å². The highest BCUT2D eigenvalue weighted by Crippen LogP contribution is 2.43. The Kier molecular flexibility index (Phi) is 3.32. The molecular weight excluding hydrogens is 245 g/mol. The van der Waals surface area contributed by atoms with Gasteiger partial charge in [-0.15, -0.1) is 0 Å². The Morgan fingerprint density at radius 3 is 2.44 bits per heavy atom. The van der Waals surface area contributed by atoms with E-state index in [0.29, 0.717) is 5.56 Å². The van der Waals surface area contributed by atoms with E-state index in [-0.39, 0.29) is 11.5 Å². The molecule has 0 unspecified atom stereocenters. The molecule has 0 spiro atoms. The van der Waals surface area contributed by atoms with Gasteiger partial charge in [0.05, 0.1) is 18.2 Å². The molecule has 1 aromatic carbocycles. The lowest BCUT2D eigenvalue weighted by Crippen LogP contribution is -2.17. The van der Waals surface area contributed by atoms with Gasteiger partial charge in [-0.2, -0.15) is 13.2 Å². The second-order valence-electron chi connectivity index (χ2n) is 4.42. The molecule has 1 aromatic rings. The molecule has 0 radical (unpaired) electrons. The fraction of sp³-hybridized carbons (Fsp3) is 0.462. The van der Waals surface area contributed by atoms with Crippen LogP contribution in [-0.2, 0) is 10.9 Å². The first kappa shape index (κ1) is 12.9. The first-order valence-electron chi connectivity index (χ1n) is 5.73. The van der Waals surface area contributed by atoms with Gasteiger partial charge in [-0.05, 0) is 36.5 Å². The lowest BCUT2D eigenvalue weighted by atomic mass is 9.78. The van der Waals surface area contributed by atoms with Gasteiger partial charge in [-0.1, -0.05) is 12.5 Å². The summed E-state index contributed by atoms with van der Waals surface area (Å²) in [5.41, 5.74) is -0.482. The van der Waals surface area contributed by atoms with Crippen LogP contribution >= 0.6 is 0 Å². The Labute approximate surface area is 103 Å². The van der Waals surface area contributed by atoms with Crippen molar-refractivity contribution in [2.45, 2.75) is 31.4 Å². The van der Waals surface area contributed by atoms with E-state index in [1.54, 1.807) is 0 Å². The molecule has 2 nitrogen and oxygen atoms in total. The van der Waals surface area contributed by atoms with Crippen LogP contribution in [0.1, 0.15) is 46.7 Å². The van der Waals surface area contributed by atoms with E-state index in [1.165, 1.54) is 12.1 Å². The van der Waals surface area contributed by atoms with E-state index in [2.05, 4.69) is 4.74 Å². The lowest BCUT2D eigenvalue weighted by molar-refractivity contribution is -0.138. The van der Waals surface area contributed by atoms with Crippen LogP contribution in [0.5, 0.6) is 0 Å². The lowest BCUT2D eigenvalue weighted by Gasteiger charge is -2.28. The van der Waals surface area contributed by atoms with Crippen molar-refractivity contribution >= 4 is 5.97 Å². The zero-order valence-electron chi connectivity index (χ0n) is 9.88. The zero-order chi connectivity index (χ0) is 13.3. The number of benzene rings is 1. The molecular formula is C13H13F3O2. The molecule has 2 rings (SSSR count).